The third-order valence-electron chi connectivity index (χ3n) is 2.99. The first-order valence-electron chi connectivity index (χ1n) is 5.84. The lowest BCUT2D eigenvalue weighted by molar-refractivity contribution is -0.137. The summed E-state index contributed by atoms with van der Waals surface area (Å²) in [5, 5.41) is 12.8. The van der Waals surface area contributed by atoms with Gasteiger partial charge in [-0.3, -0.25) is 4.79 Å². The molecule has 0 spiro atoms. The topological polar surface area (TPSA) is 119 Å². The van der Waals surface area contributed by atoms with Gasteiger partial charge in [0.05, 0.1) is 0 Å². The molecule has 0 atom stereocenters. The number of hydrogen-bond donors (Lipinski definition) is 2. The van der Waals surface area contributed by atoms with Gasteiger partial charge in [-0.05, 0) is 12.8 Å². The number of sulfone groups is 1. The number of nitrogens with two attached hydrogens (primary N) is 1. The van der Waals surface area contributed by atoms with Crippen molar-refractivity contribution in [1.29, 1.82) is 0 Å². The Balaban J connectivity index is 2.54. The van der Waals surface area contributed by atoms with E-state index in [9.17, 15) is 13.2 Å². The van der Waals surface area contributed by atoms with Gasteiger partial charge in [0.2, 0.25) is 0 Å². The molecule has 0 saturated carbocycles. The summed E-state index contributed by atoms with van der Waals surface area (Å²) in [6, 6.07) is 0. The number of aromatic nitrogens is 2. The number of anilines is 2. The van der Waals surface area contributed by atoms with Crippen LogP contribution in [0, 0.1) is 0 Å². The van der Waals surface area contributed by atoms with Gasteiger partial charge in [-0.2, -0.15) is 5.10 Å². The maximum absolute atomic E-state index is 11.8. The van der Waals surface area contributed by atoms with Gasteiger partial charge < -0.3 is 15.7 Å². The molecule has 1 fully saturated rings. The van der Waals surface area contributed by atoms with Crippen molar-refractivity contribution in [2.75, 3.05) is 30.0 Å². The Hall–Kier alpha value is -1.77. The van der Waals surface area contributed by atoms with Crippen LogP contribution in [0.4, 0.5) is 11.6 Å². The molecule has 1 aromatic rings. The molecule has 19 heavy (non-hydrogen) atoms. The zero-order valence-electron chi connectivity index (χ0n) is 10.5. The number of nitrogen functional groups attached to an aromatic ring is 1. The second kappa shape index (κ2) is 4.72. The first-order valence-corrected chi connectivity index (χ1v) is 7.73. The van der Waals surface area contributed by atoms with Crippen LogP contribution in [0.5, 0.6) is 0 Å². The second-order valence-corrected chi connectivity index (χ2v) is 6.51. The Morgan fingerprint density at radius 2 is 2.00 bits per heavy atom. The number of carboxylic acids is 1. The van der Waals surface area contributed by atoms with Crippen molar-refractivity contribution in [2.45, 2.75) is 24.3 Å². The third kappa shape index (κ3) is 2.65. The van der Waals surface area contributed by atoms with Crippen molar-refractivity contribution in [3.63, 3.8) is 0 Å². The van der Waals surface area contributed by atoms with Crippen LogP contribution in [0.2, 0.25) is 0 Å². The van der Waals surface area contributed by atoms with E-state index in [1.165, 1.54) is 0 Å². The largest absolute Gasteiger partial charge is 0.480 e. The molecule has 106 valence electrons. The average molecular weight is 288 g/mol. The Kier molecular flexibility index (Phi) is 3.40. The molecule has 1 aliphatic rings. The van der Waals surface area contributed by atoms with Gasteiger partial charge in [0, 0.05) is 19.3 Å². The normalized spacial score (nSPS) is 15.9. The summed E-state index contributed by atoms with van der Waals surface area (Å²) in [6.07, 6.45) is 2.95. The Labute approximate surface area is 110 Å². The van der Waals surface area contributed by atoms with Crippen LogP contribution in [0.25, 0.3) is 0 Å². The first kappa shape index (κ1) is 13.7. The fraction of sp³-hybridized carbons (Fsp3) is 0.600. The van der Waals surface area contributed by atoms with Crippen LogP contribution in [0.15, 0.2) is 4.90 Å². The molecule has 1 aromatic heterocycles. The van der Waals surface area contributed by atoms with Crippen LogP contribution < -0.4 is 10.6 Å². The smallest absolute Gasteiger partial charge is 0.325 e. The zero-order chi connectivity index (χ0) is 14.2. The highest BCUT2D eigenvalue weighted by molar-refractivity contribution is 7.91. The molecule has 2 rings (SSSR count). The van der Waals surface area contributed by atoms with E-state index in [4.69, 9.17) is 10.8 Å². The minimum atomic E-state index is -3.56. The van der Waals surface area contributed by atoms with E-state index in [0.717, 1.165) is 23.8 Å². The molecule has 1 saturated heterocycles. The molecule has 8 nitrogen and oxygen atoms in total. The van der Waals surface area contributed by atoms with Crippen molar-refractivity contribution in [3.05, 3.63) is 0 Å². The third-order valence-corrected chi connectivity index (χ3v) is 4.12. The van der Waals surface area contributed by atoms with E-state index in [1.54, 1.807) is 0 Å². The van der Waals surface area contributed by atoms with E-state index < -0.39 is 22.4 Å². The maximum atomic E-state index is 11.8. The summed E-state index contributed by atoms with van der Waals surface area (Å²) >= 11 is 0. The molecular formula is C10H16N4O4S. The molecule has 9 heteroatoms. The number of carboxylic acid groups (broad SMARTS) is 1. The fourth-order valence-corrected chi connectivity index (χ4v) is 3.17. The molecule has 0 aliphatic carbocycles. The number of carbonyl (C=O) groups is 1. The summed E-state index contributed by atoms with van der Waals surface area (Å²) in [6.45, 7) is 0.945. The standard InChI is InChI=1S/C10H16N4O4S/c1-19(17,18)8-9(11)14(6-7(15)16)12-10(8)13-4-2-3-5-13/h2-6,11H2,1H3,(H,15,16). The minimum Gasteiger partial charge on any atom is -0.480 e. The van der Waals surface area contributed by atoms with Gasteiger partial charge in [0.15, 0.2) is 20.6 Å². The molecule has 1 aliphatic heterocycles. The van der Waals surface area contributed by atoms with E-state index in [2.05, 4.69) is 5.10 Å². The van der Waals surface area contributed by atoms with Crippen molar-refractivity contribution in [2.24, 2.45) is 0 Å². The highest BCUT2D eigenvalue weighted by Crippen LogP contribution is 2.31. The number of rotatable bonds is 4. The van der Waals surface area contributed by atoms with Gasteiger partial charge >= 0.3 is 5.97 Å². The van der Waals surface area contributed by atoms with Gasteiger partial charge in [-0.25, -0.2) is 13.1 Å². The number of hydrogen-bond acceptors (Lipinski definition) is 6. The minimum absolute atomic E-state index is 0.0735. The maximum Gasteiger partial charge on any atom is 0.325 e. The molecule has 0 amide bonds. The van der Waals surface area contributed by atoms with E-state index >= 15 is 0 Å². The van der Waals surface area contributed by atoms with Crippen LogP contribution in [-0.4, -0.2) is 48.6 Å². The van der Waals surface area contributed by atoms with Gasteiger partial charge in [-0.1, -0.05) is 0 Å². The van der Waals surface area contributed by atoms with Crippen molar-refractivity contribution in [3.8, 4) is 0 Å². The summed E-state index contributed by atoms with van der Waals surface area (Å²) in [7, 11) is -3.56. The van der Waals surface area contributed by atoms with Crippen molar-refractivity contribution < 1.29 is 18.3 Å². The molecular weight excluding hydrogens is 272 g/mol. The van der Waals surface area contributed by atoms with Crippen LogP contribution in [-0.2, 0) is 21.2 Å². The summed E-state index contributed by atoms with van der Waals surface area (Å²) in [5.74, 6) is -0.979. The molecule has 0 radical (unpaired) electrons. The highest BCUT2D eigenvalue weighted by Gasteiger charge is 2.29. The van der Waals surface area contributed by atoms with Crippen molar-refractivity contribution in [1.82, 2.24) is 9.78 Å². The lowest BCUT2D eigenvalue weighted by Gasteiger charge is -2.15. The van der Waals surface area contributed by atoms with E-state index in [1.807, 2.05) is 4.90 Å². The monoisotopic (exact) mass is 288 g/mol. The predicted molar refractivity (Wildman–Crippen MR) is 68.8 cm³/mol. The molecule has 0 unspecified atom stereocenters. The fourth-order valence-electron chi connectivity index (χ4n) is 2.19. The molecule has 3 N–H and O–H groups in total. The molecule has 0 aromatic carbocycles. The van der Waals surface area contributed by atoms with Gasteiger partial charge in [0.25, 0.3) is 0 Å². The Bertz CT molecular complexity index is 601. The Morgan fingerprint density at radius 1 is 1.42 bits per heavy atom. The van der Waals surface area contributed by atoms with Crippen LogP contribution in [0.3, 0.4) is 0 Å². The summed E-state index contributed by atoms with van der Waals surface area (Å²) in [4.78, 5) is 12.5. The predicted octanol–water partition coefficient (Wildman–Crippen LogP) is -0.446. The van der Waals surface area contributed by atoms with E-state index in [-0.39, 0.29) is 16.5 Å². The molecule has 0 bridgehead atoms. The second-order valence-electron chi connectivity index (χ2n) is 4.56. The van der Waals surface area contributed by atoms with Crippen LogP contribution in [0.1, 0.15) is 12.8 Å². The van der Waals surface area contributed by atoms with Gasteiger partial charge in [0.1, 0.15) is 12.4 Å². The van der Waals surface area contributed by atoms with Crippen LogP contribution >= 0.6 is 0 Å². The van der Waals surface area contributed by atoms with E-state index in [0.29, 0.717) is 13.1 Å². The zero-order valence-corrected chi connectivity index (χ0v) is 11.4. The molecule has 2 heterocycles. The summed E-state index contributed by atoms with van der Waals surface area (Å²) in [5.41, 5.74) is 5.74. The van der Waals surface area contributed by atoms with Crippen molar-refractivity contribution >= 4 is 27.4 Å². The number of aliphatic carboxylic acids is 1. The number of nitrogens with zero attached hydrogens (tertiary/aromatic N) is 3. The highest BCUT2D eigenvalue weighted by atomic mass is 32.2. The summed E-state index contributed by atoms with van der Waals surface area (Å²) < 4.78 is 24.7. The Morgan fingerprint density at radius 3 is 2.47 bits per heavy atom. The lowest BCUT2D eigenvalue weighted by Crippen LogP contribution is -2.20. The average Bonchev–Trinajstić information content (AvgIpc) is 2.85. The quantitative estimate of drug-likeness (QED) is 0.770. The lowest BCUT2D eigenvalue weighted by atomic mass is 10.4. The van der Waals surface area contributed by atoms with Gasteiger partial charge in [-0.15, -0.1) is 0 Å². The SMILES string of the molecule is CS(=O)(=O)c1c(N2CCCC2)nn(CC(=O)O)c1N. The first-order chi connectivity index (χ1) is 8.80.